The van der Waals surface area contributed by atoms with Crippen molar-refractivity contribution in [2.75, 3.05) is 5.32 Å². The molecule has 0 radical (unpaired) electrons. The molecule has 0 aliphatic heterocycles. The second kappa shape index (κ2) is 4.84. The SMILES string of the molecule is Fc1cccc(NC(=S)NC2CC3CCC2C3)c1. The highest BCUT2D eigenvalue weighted by Crippen LogP contribution is 2.44. The van der Waals surface area contributed by atoms with Gasteiger partial charge in [0.2, 0.25) is 0 Å². The fourth-order valence-corrected chi connectivity index (χ4v) is 3.59. The summed E-state index contributed by atoms with van der Waals surface area (Å²) < 4.78 is 13.0. The largest absolute Gasteiger partial charge is 0.359 e. The van der Waals surface area contributed by atoms with Crippen LogP contribution in [0.25, 0.3) is 0 Å². The van der Waals surface area contributed by atoms with Gasteiger partial charge >= 0.3 is 0 Å². The first kappa shape index (κ1) is 11.9. The maximum absolute atomic E-state index is 13.0. The lowest BCUT2D eigenvalue weighted by Crippen LogP contribution is -2.40. The number of benzene rings is 1. The van der Waals surface area contributed by atoms with Gasteiger partial charge in [-0.05, 0) is 61.5 Å². The molecule has 2 N–H and O–H groups in total. The molecule has 0 spiro atoms. The third kappa shape index (κ3) is 2.48. The van der Waals surface area contributed by atoms with Gasteiger partial charge in [-0.15, -0.1) is 0 Å². The van der Waals surface area contributed by atoms with E-state index in [0.29, 0.717) is 16.8 Å². The number of fused-ring (bicyclic) bond motifs is 2. The third-order valence-corrected chi connectivity index (χ3v) is 4.36. The highest BCUT2D eigenvalue weighted by Gasteiger charge is 2.39. The molecular weight excluding hydrogens is 247 g/mol. The molecule has 3 unspecified atom stereocenters. The zero-order chi connectivity index (χ0) is 12.5. The van der Waals surface area contributed by atoms with E-state index in [0.717, 1.165) is 11.8 Å². The van der Waals surface area contributed by atoms with Gasteiger partial charge < -0.3 is 10.6 Å². The van der Waals surface area contributed by atoms with Crippen molar-refractivity contribution in [3.8, 4) is 0 Å². The summed E-state index contributed by atoms with van der Waals surface area (Å²) in [5.74, 6) is 1.43. The number of thiocarbonyl (C=S) groups is 1. The van der Waals surface area contributed by atoms with E-state index in [2.05, 4.69) is 10.6 Å². The normalized spacial score (nSPS) is 29.3. The minimum absolute atomic E-state index is 0.247. The monoisotopic (exact) mass is 264 g/mol. The Labute approximate surface area is 112 Å². The molecule has 1 aromatic rings. The molecule has 2 saturated carbocycles. The molecule has 3 atom stereocenters. The Morgan fingerprint density at radius 3 is 2.83 bits per heavy atom. The summed E-state index contributed by atoms with van der Waals surface area (Å²) >= 11 is 5.29. The zero-order valence-electron chi connectivity index (χ0n) is 10.2. The number of anilines is 1. The van der Waals surface area contributed by atoms with Crippen LogP contribution in [0.1, 0.15) is 25.7 Å². The van der Waals surface area contributed by atoms with E-state index in [1.807, 2.05) is 6.07 Å². The van der Waals surface area contributed by atoms with Crippen LogP contribution in [0.4, 0.5) is 10.1 Å². The predicted octanol–water partition coefficient (Wildman–Crippen LogP) is 3.30. The van der Waals surface area contributed by atoms with Crippen LogP contribution in [0.3, 0.4) is 0 Å². The molecule has 0 aromatic heterocycles. The van der Waals surface area contributed by atoms with Crippen LogP contribution in [0, 0.1) is 17.7 Å². The van der Waals surface area contributed by atoms with Crippen molar-refractivity contribution in [3.63, 3.8) is 0 Å². The van der Waals surface area contributed by atoms with Crippen LogP contribution in [0.15, 0.2) is 24.3 Å². The average molecular weight is 264 g/mol. The minimum atomic E-state index is -0.247. The van der Waals surface area contributed by atoms with Crippen molar-refractivity contribution >= 4 is 23.0 Å². The Kier molecular flexibility index (Phi) is 3.20. The van der Waals surface area contributed by atoms with Crippen LogP contribution in [0.5, 0.6) is 0 Å². The van der Waals surface area contributed by atoms with Gasteiger partial charge in [0.25, 0.3) is 0 Å². The molecule has 2 aliphatic carbocycles. The molecule has 3 rings (SSSR count). The number of rotatable bonds is 2. The highest BCUT2D eigenvalue weighted by molar-refractivity contribution is 7.80. The standard InChI is InChI=1S/C14H17FN2S/c15-11-2-1-3-12(8-11)16-14(18)17-13-7-9-4-5-10(13)6-9/h1-3,8-10,13H,4-7H2,(H2,16,17,18). The Morgan fingerprint density at radius 2 is 2.17 bits per heavy atom. The van der Waals surface area contributed by atoms with Crippen LogP contribution in [0.2, 0.25) is 0 Å². The van der Waals surface area contributed by atoms with E-state index in [-0.39, 0.29) is 5.82 Å². The van der Waals surface area contributed by atoms with Gasteiger partial charge in [0.1, 0.15) is 5.82 Å². The number of hydrogen-bond donors (Lipinski definition) is 2. The van der Waals surface area contributed by atoms with E-state index in [4.69, 9.17) is 12.2 Å². The van der Waals surface area contributed by atoms with Gasteiger partial charge in [0, 0.05) is 11.7 Å². The number of halogens is 1. The first-order valence-corrected chi connectivity index (χ1v) is 6.94. The average Bonchev–Trinajstić information content (AvgIpc) is 2.90. The highest BCUT2D eigenvalue weighted by atomic mass is 32.1. The van der Waals surface area contributed by atoms with E-state index in [1.54, 1.807) is 6.07 Å². The Morgan fingerprint density at radius 1 is 1.28 bits per heavy atom. The lowest BCUT2D eigenvalue weighted by atomic mass is 9.96. The molecule has 96 valence electrons. The minimum Gasteiger partial charge on any atom is -0.359 e. The summed E-state index contributed by atoms with van der Waals surface area (Å²) in [5.41, 5.74) is 0.704. The molecule has 2 fully saturated rings. The van der Waals surface area contributed by atoms with Crippen LogP contribution in [-0.4, -0.2) is 11.2 Å². The van der Waals surface area contributed by atoms with E-state index in [9.17, 15) is 4.39 Å². The lowest BCUT2D eigenvalue weighted by molar-refractivity contribution is 0.392. The van der Waals surface area contributed by atoms with Gasteiger partial charge in [-0.2, -0.15) is 0 Å². The van der Waals surface area contributed by atoms with Crippen molar-refractivity contribution in [2.24, 2.45) is 11.8 Å². The van der Waals surface area contributed by atoms with Gasteiger partial charge in [0.15, 0.2) is 5.11 Å². The molecule has 4 heteroatoms. The summed E-state index contributed by atoms with van der Waals surface area (Å²) in [6, 6.07) is 6.89. The molecule has 0 heterocycles. The van der Waals surface area contributed by atoms with Gasteiger partial charge in [-0.1, -0.05) is 12.5 Å². The first-order valence-electron chi connectivity index (χ1n) is 6.54. The van der Waals surface area contributed by atoms with Crippen molar-refractivity contribution in [1.82, 2.24) is 5.32 Å². The van der Waals surface area contributed by atoms with Crippen LogP contribution < -0.4 is 10.6 Å². The topological polar surface area (TPSA) is 24.1 Å². The number of hydrogen-bond acceptors (Lipinski definition) is 1. The van der Waals surface area contributed by atoms with Gasteiger partial charge in [0.05, 0.1) is 0 Å². The lowest BCUT2D eigenvalue weighted by Gasteiger charge is -2.24. The smallest absolute Gasteiger partial charge is 0.171 e. The molecule has 2 nitrogen and oxygen atoms in total. The molecule has 2 bridgehead atoms. The summed E-state index contributed by atoms with van der Waals surface area (Å²) in [4.78, 5) is 0. The quantitative estimate of drug-likeness (QED) is 0.801. The van der Waals surface area contributed by atoms with Crippen molar-refractivity contribution in [3.05, 3.63) is 30.1 Å². The first-order chi connectivity index (χ1) is 8.70. The van der Waals surface area contributed by atoms with E-state index < -0.39 is 0 Å². The van der Waals surface area contributed by atoms with E-state index >= 15 is 0 Å². The summed E-state index contributed by atoms with van der Waals surface area (Å²) in [6.45, 7) is 0. The zero-order valence-corrected chi connectivity index (χ0v) is 11.0. The second-order valence-electron chi connectivity index (χ2n) is 5.39. The van der Waals surface area contributed by atoms with E-state index in [1.165, 1.54) is 37.8 Å². The summed E-state index contributed by atoms with van der Waals surface area (Å²) in [5, 5.41) is 7.03. The summed E-state index contributed by atoms with van der Waals surface area (Å²) in [7, 11) is 0. The third-order valence-electron chi connectivity index (χ3n) is 4.14. The predicted molar refractivity (Wildman–Crippen MR) is 75.0 cm³/mol. The molecule has 1 aromatic carbocycles. The Bertz CT molecular complexity index is 463. The second-order valence-corrected chi connectivity index (χ2v) is 5.80. The fourth-order valence-electron chi connectivity index (χ4n) is 3.32. The van der Waals surface area contributed by atoms with Crippen LogP contribution in [-0.2, 0) is 0 Å². The van der Waals surface area contributed by atoms with Gasteiger partial charge in [-0.3, -0.25) is 0 Å². The fraction of sp³-hybridized carbons (Fsp3) is 0.500. The maximum atomic E-state index is 13.0. The number of nitrogens with one attached hydrogen (secondary N) is 2. The maximum Gasteiger partial charge on any atom is 0.171 e. The van der Waals surface area contributed by atoms with Crippen molar-refractivity contribution in [2.45, 2.75) is 31.7 Å². The molecule has 2 aliphatic rings. The molecule has 0 amide bonds. The molecular formula is C14H17FN2S. The van der Waals surface area contributed by atoms with Gasteiger partial charge in [-0.25, -0.2) is 4.39 Å². The Balaban J connectivity index is 1.56. The molecule has 0 saturated heterocycles. The van der Waals surface area contributed by atoms with Crippen molar-refractivity contribution < 1.29 is 4.39 Å². The molecule has 18 heavy (non-hydrogen) atoms. The summed E-state index contributed by atoms with van der Waals surface area (Å²) in [6.07, 6.45) is 5.29. The Hall–Kier alpha value is -1.16. The van der Waals surface area contributed by atoms with Crippen molar-refractivity contribution in [1.29, 1.82) is 0 Å². The van der Waals surface area contributed by atoms with Crippen LogP contribution >= 0.6 is 12.2 Å².